The normalized spacial score (nSPS) is 10.8. The largest absolute Gasteiger partial charge is 0.342 e. The molecular weight excluding hydrogens is 362 g/mol. The molecular formula is C21H22ClN3O2. The predicted molar refractivity (Wildman–Crippen MR) is 109 cm³/mol. The van der Waals surface area contributed by atoms with Crippen LogP contribution in [0, 0.1) is 0 Å². The van der Waals surface area contributed by atoms with Crippen LogP contribution in [0.15, 0.2) is 54.7 Å². The molecule has 2 aromatic carbocycles. The zero-order valence-corrected chi connectivity index (χ0v) is 16.2. The Balaban J connectivity index is 1.77. The summed E-state index contributed by atoms with van der Waals surface area (Å²) in [6.45, 7) is 5.66. The maximum atomic E-state index is 12.4. The first-order chi connectivity index (χ1) is 13.0. The summed E-state index contributed by atoms with van der Waals surface area (Å²) in [5.41, 5.74) is 2.15. The fraction of sp³-hybridized carbons (Fsp3) is 0.238. The number of fused-ring (bicyclic) bond motifs is 1. The van der Waals surface area contributed by atoms with E-state index in [4.69, 9.17) is 11.6 Å². The maximum absolute atomic E-state index is 12.4. The number of rotatable bonds is 6. The van der Waals surface area contributed by atoms with Crippen molar-refractivity contribution >= 4 is 40.0 Å². The van der Waals surface area contributed by atoms with Gasteiger partial charge in [0.25, 0.3) is 5.91 Å². The fourth-order valence-corrected chi connectivity index (χ4v) is 3.26. The number of likely N-dealkylation sites (N-methyl/N-ethyl adjacent to an activating group) is 1. The number of hydrogen-bond donors (Lipinski definition) is 1. The standard InChI is InChI=1S/C21H22ClN3O2/c1-3-24(4-2)20(26)14-25-11-10-15-13-18(8-9-19(15)25)23-21(27)16-6-5-7-17(22)12-16/h5-13H,3-4,14H2,1-2H3,(H,23,27). The molecule has 0 spiro atoms. The van der Waals surface area contributed by atoms with E-state index in [1.807, 2.05) is 53.8 Å². The summed E-state index contributed by atoms with van der Waals surface area (Å²) in [5.74, 6) is -0.121. The number of amides is 2. The van der Waals surface area contributed by atoms with Crippen LogP contribution in [0.1, 0.15) is 24.2 Å². The molecule has 5 nitrogen and oxygen atoms in total. The molecule has 0 fully saturated rings. The van der Waals surface area contributed by atoms with Gasteiger partial charge < -0.3 is 14.8 Å². The smallest absolute Gasteiger partial charge is 0.255 e. The summed E-state index contributed by atoms with van der Waals surface area (Å²) in [6, 6.07) is 14.4. The van der Waals surface area contributed by atoms with Crippen LogP contribution in [-0.2, 0) is 11.3 Å². The highest BCUT2D eigenvalue weighted by atomic mass is 35.5. The van der Waals surface area contributed by atoms with Crippen molar-refractivity contribution in [3.05, 3.63) is 65.3 Å². The molecule has 1 aromatic heterocycles. The Hall–Kier alpha value is -2.79. The first-order valence-corrected chi connectivity index (χ1v) is 9.33. The molecule has 0 bridgehead atoms. The maximum Gasteiger partial charge on any atom is 0.255 e. The van der Waals surface area contributed by atoms with Gasteiger partial charge in [0.2, 0.25) is 5.91 Å². The third kappa shape index (κ3) is 4.31. The number of nitrogens with zero attached hydrogens (tertiary/aromatic N) is 2. The molecule has 0 saturated heterocycles. The number of benzene rings is 2. The van der Waals surface area contributed by atoms with Gasteiger partial charge in [0, 0.05) is 46.5 Å². The summed E-state index contributed by atoms with van der Waals surface area (Å²) >= 11 is 5.94. The number of hydrogen-bond acceptors (Lipinski definition) is 2. The molecule has 0 aliphatic heterocycles. The van der Waals surface area contributed by atoms with Crippen molar-refractivity contribution in [1.29, 1.82) is 0 Å². The molecule has 0 aliphatic rings. The zero-order valence-electron chi connectivity index (χ0n) is 15.4. The quantitative estimate of drug-likeness (QED) is 0.685. The average Bonchev–Trinajstić information content (AvgIpc) is 3.04. The number of halogens is 1. The van der Waals surface area contributed by atoms with E-state index in [1.165, 1.54) is 0 Å². The van der Waals surface area contributed by atoms with E-state index in [1.54, 1.807) is 24.3 Å². The van der Waals surface area contributed by atoms with Gasteiger partial charge in [-0.2, -0.15) is 0 Å². The highest BCUT2D eigenvalue weighted by Crippen LogP contribution is 2.22. The summed E-state index contributed by atoms with van der Waals surface area (Å²) in [7, 11) is 0. The van der Waals surface area contributed by atoms with Gasteiger partial charge in [-0.05, 0) is 56.3 Å². The van der Waals surface area contributed by atoms with Gasteiger partial charge in [-0.25, -0.2) is 0 Å². The molecule has 2 amide bonds. The molecule has 1 N–H and O–H groups in total. The van der Waals surface area contributed by atoms with Crippen molar-refractivity contribution in [1.82, 2.24) is 9.47 Å². The minimum absolute atomic E-state index is 0.0934. The Kier molecular flexibility index (Phi) is 5.81. The van der Waals surface area contributed by atoms with E-state index in [0.717, 1.165) is 10.9 Å². The third-order valence-electron chi connectivity index (χ3n) is 4.54. The number of anilines is 1. The Morgan fingerprint density at radius 1 is 1.07 bits per heavy atom. The van der Waals surface area contributed by atoms with E-state index in [9.17, 15) is 9.59 Å². The third-order valence-corrected chi connectivity index (χ3v) is 4.77. The molecule has 1 heterocycles. The zero-order chi connectivity index (χ0) is 19.4. The van der Waals surface area contributed by atoms with E-state index in [0.29, 0.717) is 35.9 Å². The van der Waals surface area contributed by atoms with Gasteiger partial charge in [-0.1, -0.05) is 17.7 Å². The molecule has 140 valence electrons. The van der Waals surface area contributed by atoms with Crippen LogP contribution < -0.4 is 5.32 Å². The lowest BCUT2D eigenvalue weighted by molar-refractivity contribution is -0.131. The van der Waals surface area contributed by atoms with Crippen molar-refractivity contribution in [2.75, 3.05) is 18.4 Å². The number of carbonyl (C=O) groups excluding carboxylic acids is 2. The molecule has 3 aromatic rings. The lowest BCUT2D eigenvalue weighted by atomic mass is 10.2. The van der Waals surface area contributed by atoms with E-state index in [2.05, 4.69) is 5.32 Å². The first kappa shape index (κ1) is 19.0. The molecule has 0 aliphatic carbocycles. The van der Waals surface area contributed by atoms with E-state index < -0.39 is 0 Å². The lowest BCUT2D eigenvalue weighted by Gasteiger charge is -2.19. The monoisotopic (exact) mass is 383 g/mol. The average molecular weight is 384 g/mol. The summed E-state index contributed by atoms with van der Waals surface area (Å²) < 4.78 is 1.93. The van der Waals surface area contributed by atoms with Crippen LogP contribution in [0.2, 0.25) is 5.02 Å². The Bertz CT molecular complexity index is 976. The van der Waals surface area contributed by atoms with Crippen LogP contribution in [0.5, 0.6) is 0 Å². The molecule has 0 radical (unpaired) electrons. The summed E-state index contributed by atoms with van der Waals surface area (Å²) in [5, 5.41) is 4.37. The second kappa shape index (κ2) is 8.27. The van der Waals surface area contributed by atoms with Crippen LogP contribution in [0.4, 0.5) is 5.69 Å². The lowest BCUT2D eigenvalue weighted by Crippen LogP contribution is -2.33. The number of nitrogens with one attached hydrogen (secondary N) is 1. The van der Waals surface area contributed by atoms with Crippen LogP contribution in [0.25, 0.3) is 10.9 Å². The molecule has 6 heteroatoms. The van der Waals surface area contributed by atoms with Gasteiger partial charge in [0.05, 0.1) is 0 Å². The number of carbonyl (C=O) groups is 2. The van der Waals surface area contributed by atoms with Crippen LogP contribution >= 0.6 is 11.6 Å². The SMILES string of the molecule is CCN(CC)C(=O)Cn1ccc2cc(NC(=O)c3cccc(Cl)c3)ccc21. The Morgan fingerprint density at radius 2 is 1.85 bits per heavy atom. The second-order valence-corrected chi connectivity index (χ2v) is 6.68. The molecule has 0 atom stereocenters. The van der Waals surface area contributed by atoms with E-state index >= 15 is 0 Å². The highest BCUT2D eigenvalue weighted by molar-refractivity contribution is 6.31. The van der Waals surface area contributed by atoms with Gasteiger partial charge in [0.1, 0.15) is 6.54 Å². The second-order valence-electron chi connectivity index (χ2n) is 6.25. The Morgan fingerprint density at radius 3 is 2.56 bits per heavy atom. The van der Waals surface area contributed by atoms with Crippen molar-refractivity contribution < 1.29 is 9.59 Å². The number of aromatic nitrogens is 1. The Labute approximate surface area is 163 Å². The van der Waals surface area contributed by atoms with Crippen molar-refractivity contribution in [3.8, 4) is 0 Å². The molecule has 0 unspecified atom stereocenters. The van der Waals surface area contributed by atoms with Gasteiger partial charge in [-0.15, -0.1) is 0 Å². The van der Waals surface area contributed by atoms with Crippen molar-refractivity contribution in [3.63, 3.8) is 0 Å². The molecule has 0 saturated carbocycles. The van der Waals surface area contributed by atoms with Gasteiger partial charge in [0.15, 0.2) is 0 Å². The molecule has 3 rings (SSSR count). The minimum atomic E-state index is -0.215. The predicted octanol–water partition coefficient (Wildman–Crippen LogP) is 4.42. The minimum Gasteiger partial charge on any atom is -0.342 e. The molecule has 27 heavy (non-hydrogen) atoms. The van der Waals surface area contributed by atoms with Crippen LogP contribution in [0.3, 0.4) is 0 Å². The fourth-order valence-electron chi connectivity index (χ4n) is 3.07. The van der Waals surface area contributed by atoms with Gasteiger partial charge >= 0.3 is 0 Å². The van der Waals surface area contributed by atoms with Crippen molar-refractivity contribution in [2.24, 2.45) is 0 Å². The van der Waals surface area contributed by atoms with Crippen molar-refractivity contribution in [2.45, 2.75) is 20.4 Å². The van der Waals surface area contributed by atoms with E-state index in [-0.39, 0.29) is 11.8 Å². The van der Waals surface area contributed by atoms with Crippen LogP contribution in [-0.4, -0.2) is 34.4 Å². The highest BCUT2D eigenvalue weighted by Gasteiger charge is 2.12. The summed E-state index contributed by atoms with van der Waals surface area (Å²) in [4.78, 5) is 26.5. The first-order valence-electron chi connectivity index (χ1n) is 8.95. The topological polar surface area (TPSA) is 54.3 Å². The van der Waals surface area contributed by atoms with Gasteiger partial charge in [-0.3, -0.25) is 9.59 Å². The summed E-state index contributed by atoms with van der Waals surface area (Å²) in [6.07, 6.45) is 1.90.